The van der Waals surface area contributed by atoms with Crippen molar-refractivity contribution in [2.45, 2.75) is 97.9 Å². The molecule has 1 aromatic rings. The molecule has 2 fully saturated rings. The first kappa shape index (κ1) is 24.7. The fraction of sp³-hybridized carbons (Fsp3) is 0.692. The number of nitrogens with zero attached hydrogens (tertiary/aromatic N) is 1. The zero-order chi connectivity index (χ0) is 22.1. The summed E-state index contributed by atoms with van der Waals surface area (Å²) < 4.78 is 0. The summed E-state index contributed by atoms with van der Waals surface area (Å²) in [4.78, 5) is 26.8. The van der Waals surface area contributed by atoms with Gasteiger partial charge in [0.05, 0.1) is 10.6 Å². The van der Waals surface area contributed by atoms with Crippen LogP contribution in [0.25, 0.3) is 0 Å². The summed E-state index contributed by atoms with van der Waals surface area (Å²) in [6.45, 7) is 8.63. The van der Waals surface area contributed by atoms with Gasteiger partial charge in [-0.1, -0.05) is 50.9 Å². The van der Waals surface area contributed by atoms with Crippen molar-refractivity contribution in [3.8, 4) is 11.8 Å². The van der Waals surface area contributed by atoms with E-state index in [1.165, 1.54) is 32.1 Å². The van der Waals surface area contributed by atoms with E-state index < -0.39 is 0 Å². The van der Waals surface area contributed by atoms with Gasteiger partial charge in [-0.3, -0.25) is 4.79 Å². The average molecular weight is 430 g/mol. The number of Topliss-reactive ketones (excluding diaryl/α,β-unsaturated/α-hetero) is 1. The number of ketones is 1. The fourth-order valence-electron chi connectivity index (χ4n) is 4.07. The van der Waals surface area contributed by atoms with Crippen LogP contribution in [-0.2, 0) is 16.0 Å². The first-order valence-corrected chi connectivity index (χ1v) is 12.4. The van der Waals surface area contributed by atoms with E-state index in [1.54, 1.807) is 11.3 Å². The van der Waals surface area contributed by atoms with Crippen molar-refractivity contribution in [3.05, 3.63) is 15.8 Å². The van der Waals surface area contributed by atoms with Crippen LogP contribution >= 0.6 is 11.3 Å². The predicted molar refractivity (Wildman–Crippen MR) is 128 cm³/mol. The molecule has 0 atom stereocenters. The van der Waals surface area contributed by atoms with E-state index in [9.17, 15) is 9.59 Å². The minimum Gasteiger partial charge on any atom is -0.371 e. The number of carbonyl (C=O) groups excluding carboxylic acids is 2. The maximum absolute atomic E-state index is 11.4. The van der Waals surface area contributed by atoms with E-state index in [4.69, 9.17) is 0 Å². The van der Waals surface area contributed by atoms with Gasteiger partial charge in [0.25, 0.3) is 0 Å². The van der Waals surface area contributed by atoms with E-state index in [2.05, 4.69) is 57.5 Å². The molecule has 1 aromatic heterocycles. The van der Waals surface area contributed by atoms with Gasteiger partial charge in [0.2, 0.25) is 0 Å². The quantitative estimate of drug-likeness (QED) is 0.409. The first-order chi connectivity index (χ1) is 14.2. The smallest absolute Gasteiger partial charge is 0.133 e. The Labute approximate surface area is 187 Å². The molecule has 0 radical (unpaired) electrons. The zero-order valence-corrected chi connectivity index (χ0v) is 20.4. The second kappa shape index (κ2) is 11.7. The van der Waals surface area contributed by atoms with Crippen molar-refractivity contribution in [3.63, 3.8) is 0 Å². The third-order valence-electron chi connectivity index (χ3n) is 5.95. The molecule has 2 aliphatic carbocycles. The maximum atomic E-state index is 11.4. The first-order valence-electron chi connectivity index (χ1n) is 11.5. The Morgan fingerprint density at radius 2 is 1.77 bits per heavy atom. The third kappa shape index (κ3) is 8.26. The van der Waals surface area contributed by atoms with Crippen LogP contribution in [0.3, 0.4) is 0 Å². The summed E-state index contributed by atoms with van der Waals surface area (Å²) in [6, 6.07) is 2.47. The fourth-order valence-corrected chi connectivity index (χ4v) is 5.06. The molecule has 4 heteroatoms. The van der Waals surface area contributed by atoms with Crippen LogP contribution in [-0.4, -0.2) is 25.2 Å². The average Bonchev–Trinajstić information content (AvgIpc) is 3.10. The van der Waals surface area contributed by atoms with Gasteiger partial charge in [0.15, 0.2) is 0 Å². The molecule has 0 aromatic carbocycles. The Morgan fingerprint density at radius 3 is 2.27 bits per heavy atom. The summed E-state index contributed by atoms with van der Waals surface area (Å²) in [5.41, 5.74) is 1.06. The topological polar surface area (TPSA) is 37.4 Å². The Morgan fingerprint density at radius 1 is 1.13 bits per heavy atom. The van der Waals surface area contributed by atoms with Gasteiger partial charge in [-0.05, 0) is 45.6 Å². The van der Waals surface area contributed by atoms with Crippen LogP contribution in [0.4, 0.5) is 5.69 Å². The summed E-state index contributed by atoms with van der Waals surface area (Å²) >= 11 is 1.60. The predicted octanol–water partition coefficient (Wildman–Crippen LogP) is 6.42. The van der Waals surface area contributed by atoms with Gasteiger partial charge < -0.3 is 9.69 Å². The number of carbonyl (C=O) groups is 2. The Hall–Kier alpha value is -1.60. The van der Waals surface area contributed by atoms with Gasteiger partial charge in [-0.15, -0.1) is 11.3 Å². The highest BCUT2D eigenvalue weighted by Gasteiger charge is 2.24. The second-order valence-electron chi connectivity index (χ2n) is 9.91. The van der Waals surface area contributed by atoms with Crippen molar-refractivity contribution >= 4 is 29.1 Å². The number of rotatable bonds is 4. The summed E-state index contributed by atoms with van der Waals surface area (Å²) in [7, 11) is 2.07. The molecule has 0 saturated heterocycles. The molecular formula is C26H39NO2S. The van der Waals surface area contributed by atoms with Crippen molar-refractivity contribution in [1.29, 1.82) is 0 Å². The summed E-state index contributed by atoms with van der Waals surface area (Å²) in [5, 5.41) is 0. The van der Waals surface area contributed by atoms with Crippen molar-refractivity contribution < 1.29 is 9.59 Å². The van der Waals surface area contributed by atoms with Crippen LogP contribution in [0.15, 0.2) is 6.07 Å². The van der Waals surface area contributed by atoms with Crippen LogP contribution in [0.1, 0.15) is 95.2 Å². The summed E-state index contributed by atoms with van der Waals surface area (Å²) in [5.74, 6) is 7.90. The highest BCUT2D eigenvalue weighted by atomic mass is 32.1. The molecule has 0 N–H and O–H groups in total. The summed E-state index contributed by atoms with van der Waals surface area (Å²) in [6.07, 6.45) is 11.9. The van der Waals surface area contributed by atoms with Gasteiger partial charge in [0.1, 0.15) is 12.1 Å². The van der Waals surface area contributed by atoms with E-state index in [1.807, 2.05) is 0 Å². The normalized spacial score (nSPS) is 18.1. The number of hydrogen-bond acceptors (Lipinski definition) is 4. The lowest BCUT2D eigenvalue weighted by molar-refractivity contribution is -0.120. The van der Waals surface area contributed by atoms with E-state index in [-0.39, 0.29) is 5.41 Å². The molecule has 1 heterocycles. The van der Waals surface area contributed by atoms with E-state index >= 15 is 0 Å². The molecule has 166 valence electrons. The molecule has 0 unspecified atom stereocenters. The molecule has 0 bridgehead atoms. The molecule has 0 aliphatic heterocycles. The van der Waals surface area contributed by atoms with Crippen LogP contribution in [0.2, 0.25) is 0 Å². The van der Waals surface area contributed by atoms with Crippen LogP contribution in [0.5, 0.6) is 0 Å². The number of thiophene rings is 1. The Kier molecular flexibility index (Phi) is 9.62. The minimum atomic E-state index is -0.0371. The minimum absolute atomic E-state index is 0.0371. The molecule has 2 aliphatic rings. The number of aldehydes is 1. The van der Waals surface area contributed by atoms with Gasteiger partial charge in [-0.25, -0.2) is 0 Å². The van der Waals surface area contributed by atoms with Gasteiger partial charge in [0, 0.05) is 42.6 Å². The Bertz CT molecular complexity index is 746. The van der Waals surface area contributed by atoms with Crippen molar-refractivity contribution in [1.82, 2.24) is 0 Å². The van der Waals surface area contributed by atoms with Crippen molar-refractivity contribution in [2.75, 3.05) is 11.9 Å². The molecule has 2 saturated carbocycles. The number of hydrogen-bond donors (Lipinski definition) is 0. The molecule has 3 nitrogen and oxygen atoms in total. The van der Waals surface area contributed by atoms with Gasteiger partial charge in [-0.2, -0.15) is 0 Å². The standard InChI is InChI=1S/C19H25NO2S.C7H14/c1-19(2,3)11-9-16-13-17(18(23-16)10-12-21)20(4)14-5-7-15(22)8-6-14;1-7-5-3-2-4-6-7/h12-14H,5-8,10H2,1-4H3;7H,2-6H2,1H3. The lowest BCUT2D eigenvalue weighted by atomic mass is 9.91. The molecule has 0 amide bonds. The highest BCUT2D eigenvalue weighted by molar-refractivity contribution is 7.13. The number of anilines is 1. The lowest BCUT2D eigenvalue weighted by Gasteiger charge is -2.32. The highest BCUT2D eigenvalue weighted by Crippen LogP contribution is 2.33. The molecule has 30 heavy (non-hydrogen) atoms. The third-order valence-corrected chi connectivity index (χ3v) is 7.01. The lowest BCUT2D eigenvalue weighted by Crippen LogP contribution is -2.35. The monoisotopic (exact) mass is 429 g/mol. The molecular weight excluding hydrogens is 390 g/mol. The maximum Gasteiger partial charge on any atom is 0.133 e. The van der Waals surface area contributed by atoms with Crippen LogP contribution in [0, 0.1) is 23.2 Å². The SMILES string of the molecule is CC1CCCCC1.CN(c1cc(C#CC(C)(C)C)sc1CC=O)C1CCC(=O)CC1. The van der Waals surface area contributed by atoms with E-state index in [0.717, 1.165) is 40.5 Å². The van der Waals surface area contributed by atoms with Gasteiger partial charge >= 0.3 is 0 Å². The van der Waals surface area contributed by atoms with E-state index in [0.29, 0.717) is 31.1 Å². The second-order valence-corrected chi connectivity index (χ2v) is 11.1. The molecule has 3 rings (SSSR count). The molecule has 0 spiro atoms. The van der Waals surface area contributed by atoms with Crippen molar-refractivity contribution in [2.24, 2.45) is 11.3 Å². The van der Waals surface area contributed by atoms with Crippen LogP contribution < -0.4 is 4.90 Å². The Balaban J connectivity index is 0.000000386. The zero-order valence-electron chi connectivity index (χ0n) is 19.6. The largest absolute Gasteiger partial charge is 0.371 e.